The summed E-state index contributed by atoms with van der Waals surface area (Å²) in [4.78, 5) is 12.5. The Balaban J connectivity index is 3.47. The molecule has 0 saturated heterocycles. The molecule has 4 nitrogen and oxygen atoms in total. The summed E-state index contributed by atoms with van der Waals surface area (Å²) < 4.78 is 0. The average molecular weight is 967 g/mol. The van der Waals surface area contributed by atoms with Gasteiger partial charge in [-0.05, 0) is 57.8 Å². The zero-order valence-corrected chi connectivity index (χ0v) is 46.8. The first kappa shape index (κ1) is 67.3. The molecule has 0 aliphatic rings. The molecule has 2 unspecified atom stereocenters. The fraction of sp³-hybridized carbons (Fsp3) is 0.862. The molecule has 69 heavy (non-hydrogen) atoms. The van der Waals surface area contributed by atoms with Crippen LogP contribution in [0.4, 0.5) is 0 Å². The molecule has 0 aromatic rings. The second kappa shape index (κ2) is 60.7. The molecular weight excluding hydrogens is 843 g/mol. The second-order valence-corrected chi connectivity index (χ2v) is 21.5. The highest BCUT2D eigenvalue weighted by atomic mass is 16.3. The highest BCUT2D eigenvalue weighted by Gasteiger charge is 2.18. The van der Waals surface area contributed by atoms with Crippen LogP contribution < -0.4 is 5.32 Å². The summed E-state index contributed by atoms with van der Waals surface area (Å²) in [5.41, 5.74) is 0. The summed E-state index contributed by atoms with van der Waals surface area (Å²) in [5.74, 6) is -0.0605. The van der Waals surface area contributed by atoms with Gasteiger partial charge in [0.05, 0.1) is 18.8 Å². The normalized spacial score (nSPS) is 13.0. The standard InChI is InChI=1S/C65H123NO3/c1-3-5-7-9-11-13-15-17-19-21-23-25-27-29-31-33-35-37-39-41-43-45-47-49-51-53-55-57-59-61-65(69)66-63(62-67)64(68)60-58-56-54-52-50-48-46-44-42-40-38-36-34-32-30-28-26-24-22-20-18-16-14-12-10-8-6-4-2/h15,17,21,23,27,29,58,60,63-64,67-68H,3-14,16,18-20,22,24-26,28,30-57,59,61-62H2,1-2H3,(H,66,69)/b17-15-,23-21-,29-27-,60-58+. The van der Waals surface area contributed by atoms with Crippen molar-refractivity contribution < 1.29 is 15.0 Å². The molecule has 0 aliphatic carbocycles. The highest BCUT2D eigenvalue weighted by molar-refractivity contribution is 5.76. The van der Waals surface area contributed by atoms with Crippen LogP contribution in [0.1, 0.15) is 341 Å². The van der Waals surface area contributed by atoms with Crippen molar-refractivity contribution in [3.05, 3.63) is 48.6 Å². The maximum absolute atomic E-state index is 12.5. The van der Waals surface area contributed by atoms with E-state index in [4.69, 9.17) is 0 Å². The smallest absolute Gasteiger partial charge is 0.220 e. The second-order valence-electron chi connectivity index (χ2n) is 21.5. The van der Waals surface area contributed by atoms with E-state index in [0.717, 1.165) is 38.5 Å². The van der Waals surface area contributed by atoms with Crippen LogP contribution in [0.25, 0.3) is 0 Å². The number of hydrogen-bond acceptors (Lipinski definition) is 3. The molecule has 0 saturated carbocycles. The monoisotopic (exact) mass is 966 g/mol. The van der Waals surface area contributed by atoms with Gasteiger partial charge < -0.3 is 15.5 Å². The number of carbonyl (C=O) groups is 1. The molecule has 0 aliphatic heterocycles. The lowest BCUT2D eigenvalue weighted by Crippen LogP contribution is -2.45. The Morgan fingerprint density at radius 2 is 0.594 bits per heavy atom. The first-order valence-electron chi connectivity index (χ1n) is 31.4. The predicted molar refractivity (Wildman–Crippen MR) is 308 cm³/mol. The van der Waals surface area contributed by atoms with Crippen molar-refractivity contribution in [3.63, 3.8) is 0 Å². The number of carbonyl (C=O) groups excluding carboxylic acids is 1. The van der Waals surface area contributed by atoms with Gasteiger partial charge >= 0.3 is 0 Å². The van der Waals surface area contributed by atoms with Crippen molar-refractivity contribution in [3.8, 4) is 0 Å². The van der Waals surface area contributed by atoms with E-state index in [1.54, 1.807) is 6.08 Å². The zero-order chi connectivity index (χ0) is 49.9. The maximum Gasteiger partial charge on any atom is 0.220 e. The third kappa shape index (κ3) is 57.1. The first-order chi connectivity index (χ1) is 34.2. The van der Waals surface area contributed by atoms with E-state index in [1.165, 1.54) is 283 Å². The molecule has 0 fully saturated rings. The van der Waals surface area contributed by atoms with E-state index in [9.17, 15) is 15.0 Å². The summed E-state index contributed by atoms with van der Waals surface area (Å²) in [6, 6.07) is -0.625. The molecule has 0 spiro atoms. The van der Waals surface area contributed by atoms with Crippen LogP contribution in [-0.2, 0) is 4.79 Å². The van der Waals surface area contributed by atoms with E-state index >= 15 is 0 Å². The molecule has 0 aromatic heterocycles. The summed E-state index contributed by atoms with van der Waals surface area (Å²) >= 11 is 0. The van der Waals surface area contributed by atoms with Crippen molar-refractivity contribution in [2.75, 3.05) is 6.61 Å². The number of unbranched alkanes of at least 4 members (excludes halogenated alkanes) is 45. The lowest BCUT2D eigenvalue weighted by Gasteiger charge is -2.20. The molecule has 2 atom stereocenters. The molecular formula is C65H123NO3. The first-order valence-corrected chi connectivity index (χ1v) is 31.4. The minimum atomic E-state index is -0.842. The van der Waals surface area contributed by atoms with Crippen LogP contribution in [0.3, 0.4) is 0 Å². The Labute approximate surface area is 433 Å². The van der Waals surface area contributed by atoms with Crippen LogP contribution in [0.2, 0.25) is 0 Å². The molecule has 0 radical (unpaired) electrons. The highest BCUT2D eigenvalue weighted by Crippen LogP contribution is 2.18. The summed E-state index contributed by atoms with van der Waals surface area (Å²) in [5, 5.41) is 23.3. The van der Waals surface area contributed by atoms with Crippen LogP contribution in [0, 0.1) is 0 Å². The van der Waals surface area contributed by atoms with Gasteiger partial charge in [0.25, 0.3) is 0 Å². The Bertz CT molecular complexity index is 1090. The van der Waals surface area contributed by atoms with Crippen LogP contribution in [-0.4, -0.2) is 34.9 Å². The summed E-state index contributed by atoms with van der Waals surface area (Å²) in [6.45, 7) is 4.33. The van der Waals surface area contributed by atoms with Crippen LogP contribution >= 0.6 is 0 Å². The minimum Gasteiger partial charge on any atom is -0.394 e. The van der Waals surface area contributed by atoms with Gasteiger partial charge in [-0.15, -0.1) is 0 Å². The molecule has 0 rings (SSSR count). The largest absolute Gasteiger partial charge is 0.394 e. The zero-order valence-electron chi connectivity index (χ0n) is 46.8. The lowest BCUT2D eigenvalue weighted by atomic mass is 10.0. The average Bonchev–Trinajstić information content (AvgIpc) is 3.35. The van der Waals surface area contributed by atoms with E-state index in [1.807, 2.05) is 6.08 Å². The number of rotatable bonds is 58. The van der Waals surface area contributed by atoms with Gasteiger partial charge in [-0.2, -0.15) is 0 Å². The van der Waals surface area contributed by atoms with Crippen molar-refractivity contribution in [2.24, 2.45) is 0 Å². The van der Waals surface area contributed by atoms with Gasteiger partial charge in [0.1, 0.15) is 0 Å². The predicted octanol–water partition coefficient (Wildman–Crippen LogP) is 21.0. The van der Waals surface area contributed by atoms with Gasteiger partial charge in [-0.25, -0.2) is 0 Å². The summed E-state index contributed by atoms with van der Waals surface area (Å²) in [7, 11) is 0. The van der Waals surface area contributed by atoms with Gasteiger partial charge in [-0.1, -0.05) is 326 Å². The van der Waals surface area contributed by atoms with Crippen LogP contribution in [0.15, 0.2) is 48.6 Å². The fourth-order valence-electron chi connectivity index (χ4n) is 9.78. The van der Waals surface area contributed by atoms with E-state index in [0.29, 0.717) is 6.42 Å². The SMILES string of the molecule is CCCCCCC/C=C\C/C=C\C/C=C\CCCCCCCCCCCCCCCCC(=O)NC(CO)C(O)/C=C/CCCCCCCCCCCCCCCCCCCCCCCCCCCC. The lowest BCUT2D eigenvalue weighted by molar-refractivity contribution is -0.123. The molecule has 0 heterocycles. The van der Waals surface area contributed by atoms with Crippen molar-refractivity contribution in [2.45, 2.75) is 353 Å². The third-order valence-electron chi connectivity index (χ3n) is 14.6. The van der Waals surface area contributed by atoms with E-state index < -0.39 is 12.1 Å². The minimum absolute atomic E-state index is 0.0605. The van der Waals surface area contributed by atoms with Gasteiger partial charge in [0.15, 0.2) is 0 Å². The fourth-order valence-corrected chi connectivity index (χ4v) is 9.78. The van der Waals surface area contributed by atoms with Crippen molar-refractivity contribution >= 4 is 5.91 Å². The summed E-state index contributed by atoms with van der Waals surface area (Å²) in [6.07, 6.45) is 84.4. The molecule has 0 bridgehead atoms. The third-order valence-corrected chi connectivity index (χ3v) is 14.6. The topological polar surface area (TPSA) is 69.6 Å². The molecule has 4 heteroatoms. The Morgan fingerprint density at radius 3 is 0.884 bits per heavy atom. The number of nitrogens with one attached hydrogen (secondary N) is 1. The maximum atomic E-state index is 12.5. The Morgan fingerprint density at radius 1 is 0.348 bits per heavy atom. The van der Waals surface area contributed by atoms with Crippen molar-refractivity contribution in [1.82, 2.24) is 5.32 Å². The number of allylic oxidation sites excluding steroid dienone is 7. The van der Waals surface area contributed by atoms with Gasteiger partial charge in [0.2, 0.25) is 5.91 Å². The Hall–Kier alpha value is -1.65. The molecule has 3 N–H and O–H groups in total. The number of aliphatic hydroxyl groups excluding tert-OH is 2. The van der Waals surface area contributed by atoms with Crippen LogP contribution in [0.5, 0.6) is 0 Å². The molecule has 0 aromatic carbocycles. The number of amides is 1. The van der Waals surface area contributed by atoms with Gasteiger partial charge in [0, 0.05) is 6.42 Å². The van der Waals surface area contributed by atoms with E-state index in [2.05, 4.69) is 55.6 Å². The van der Waals surface area contributed by atoms with Crippen molar-refractivity contribution in [1.29, 1.82) is 0 Å². The number of hydrogen-bond donors (Lipinski definition) is 3. The number of aliphatic hydroxyl groups is 2. The van der Waals surface area contributed by atoms with Gasteiger partial charge in [-0.3, -0.25) is 4.79 Å². The Kier molecular flexibility index (Phi) is 59.2. The van der Waals surface area contributed by atoms with E-state index in [-0.39, 0.29) is 12.5 Å². The molecule has 1 amide bonds. The molecule has 406 valence electrons. The quantitative estimate of drug-likeness (QED) is 0.0420.